The van der Waals surface area contributed by atoms with Crippen molar-refractivity contribution in [1.29, 1.82) is 0 Å². The average molecular weight is 345 g/mol. The third-order valence-corrected chi connectivity index (χ3v) is 5.54. The summed E-state index contributed by atoms with van der Waals surface area (Å²) in [6.45, 7) is 3.82. The molecule has 0 saturated heterocycles. The van der Waals surface area contributed by atoms with E-state index in [2.05, 4.69) is 15.5 Å². The number of carbonyl (C=O) groups is 1. The molecule has 0 unspecified atom stereocenters. The molecule has 1 aliphatic carbocycles. The SMILES string of the molecule is Cc1nc(-c2cc(C(=O)Nc3c(C)noc3C3CC3)cs2)cs1. The summed E-state index contributed by atoms with van der Waals surface area (Å²) in [4.78, 5) is 18.0. The van der Waals surface area contributed by atoms with Crippen LogP contribution in [0.1, 0.15) is 45.6 Å². The summed E-state index contributed by atoms with van der Waals surface area (Å²) in [6.07, 6.45) is 2.20. The van der Waals surface area contributed by atoms with E-state index in [0.717, 1.165) is 45.6 Å². The van der Waals surface area contributed by atoms with Crippen molar-refractivity contribution in [3.05, 3.63) is 38.9 Å². The van der Waals surface area contributed by atoms with Crippen LogP contribution in [0.3, 0.4) is 0 Å². The minimum atomic E-state index is -0.132. The summed E-state index contributed by atoms with van der Waals surface area (Å²) in [7, 11) is 0. The minimum absolute atomic E-state index is 0.132. The molecule has 0 atom stereocenters. The van der Waals surface area contributed by atoms with E-state index >= 15 is 0 Å². The number of aryl methyl sites for hydroxylation is 2. The fraction of sp³-hybridized carbons (Fsp3) is 0.312. The Labute approximate surface area is 141 Å². The Bertz CT molecular complexity index is 874. The van der Waals surface area contributed by atoms with Crippen LogP contribution in [0.25, 0.3) is 10.6 Å². The van der Waals surface area contributed by atoms with Crippen LogP contribution < -0.4 is 5.32 Å². The molecule has 4 rings (SSSR count). The molecular formula is C16H15N3O2S2. The standard InChI is InChI=1S/C16H15N3O2S2/c1-8-14(15(21-19-8)10-3-4-10)18-16(20)11-5-13(23-6-11)12-7-22-9(2)17-12/h5-7,10H,3-4H2,1-2H3,(H,18,20). The first-order chi connectivity index (χ1) is 11.1. The van der Waals surface area contributed by atoms with Gasteiger partial charge in [0.05, 0.1) is 21.1 Å². The monoisotopic (exact) mass is 345 g/mol. The molecule has 1 fully saturated rings. The van der Waals surface area contributed by atoms with Crippen molar-refractivity contribution in [3.63, 3.8) is 0 Å². The maximum atomic E-state index is 12.5. The van der Waals surface area contributed by atoms with Crippen molar-refractivity contribution < 1.29 is 9.32 Å². The molecular weight excluding hydrogens is 330 g/mol. The zero-order chi connectivity index (χ0) is 16.0. The average Bonchev–Trinajstić information content (AvgIpc) is 2.94. The van der Waals surface area contributed by atoms with Crippen LogP contribution in [0.5, 0.6) is 0 Å². The van der Waals surface area contributed by atoms with Crippen LogP contribution in [-0.4, -0.2) is 16.0 Å². The molecule has 3 aromatic rings. The lowest BCUT2D eigenvalue weighted by atomic mass is 10.2. The normalized spacial score (nSPS) is 14.2. The molecule has 7 heteroatoms. The molecule has 0 aromatic carbocycles. The highest BCUT2D eigenvalue weighted by molar-refractivity contribution is 7.14. The summed E-state index contributed by atoms with van der Waals surface area (Å²) in [5.74, 6) is 1.08. The van der Waals surface area contributed by atoms with Crippen molar-refractivity contribution in [3.8, 4) is 10.6 Å². The van der Waals surface area contributed by atoms with Gasteiger partial charge < -0.3 is 9.84 Å². The molecule has 1 aliphatic rings. The second-order valence-electron chi connectivity index (χ2n) is 5.69. The van der Waals surface area contributed by atoms with Crippen molar-refractivity contribution in [2.75, 3.05) is 5.32 Å². The van der Waals surface area contributed by atoms with Gasteiger partial charge in [-0.25, -0.2) is 4.98 Å². The molecule has 23 heavy (non-hydrogen) atoms. The van der Waals surface area contributed by atoms with Crippen molar-refractivity contribution in [1.82, 2.24) is 10.1 Å². The van der Waals surface area contributed by atoms with Gasteiger partial charge >= 0.3 is 0 Å². The van der Waals surface area contributed by atoms with E-state index in [0.29, 0.717) is 11.5 Å². The number of aromatic nitrogens is 2. The van der Waals surface area contributed by atoms with E-state index < -0.39 is 0 Å². The number of thiophene rings is 1. The Morgan fingerprint density at radius 2 is 2.13 bits per heavy atom. The van der Waals surface area contributed by atoms with Gasteiger partial charge in [0, 0.05) is 16.7 Å². The van der Waals surface area contributed by atoms with Crippen LogP contribution in [0.15, 0.2) is 21.3 Å². The predicted octanol–water partition coefficient (Wildman–Crippen LogP) is 4.61. The lowest BCUT2D eigenvalue weighted by Gasteiger charge is -2.03. The zero-order valence-electron chi connectivity index (χ0n) is 12.8. The second kappa shape index (κ2) is 5.58. The van der Waals surface area contributed by atoms with Crippen LogP contribution in [-0.2, 0) is 0 Å². The second-order valence-corrected chi connectivity index (χ2v) is 7.66. The highest BCUT2D eigenvalue weighted by Crippen LogP contribution is 2.44. The van der Waals surface area contributed by atoms with E-state index in [1.807, 2.05) is 30.7 Å². The fourth-order valence-corrected chi connectivity index (χ4v) is 3.95. The summed E-state index contributed by atoms with van der Waals surface area (Å²) in [6, 6.07) is 1.88. The van der Waals surface area contributed by atoms with Crippen LogP contribution in [0, 0.1) is 13.8 Å². The Balaban J connectivity index is 1.56. The van der Waals surface area contributed by atoms with Gasteiger partial charge in [-0.05, 0) is 32.8 Å². The number of hydrogen-bond donors (Lipinski definition) is 1. The number of nitrogens with zero attached hydrogens (tertiary/aromatic N) is 2. The van der Waals surface area contributed by atoms with Gasteiger partial charge in [-0.15, -0.1) is 22.7 Å². The molecule has 1 saturated carbocycles. The predicted molar refractivity (Wildman–Crippen MR) is 91.3 cm³/mol. The number of anilines is 1. The van der Waals surface area contributed by atoms with Gasteiger partial charge in [-0.1, -0.05) is 5.16 Å². The lowest BCUT2D eigenvalue weighted by Crippen LogP contribution is -2.12. The van der Waals surface area contributed by atoms with E-state index in [-0.39, 0.29) is 5.91 Å². The smallest absolute Gasteiger partial charge is 0.256 e. The topological polar surface area (TPSA) is 68.0 Å². The molecule has 0 radical (unpaired) electrons. The van der Waals surface area contributed by atoms with Gasteiger partial charge in [0.2, 0.25) is 0 Å². The van der Waals surface area contributed by atoms with Crippen LogP contribution >= 0.6 is 22.7 Å². The number of rotatable bonds is 4. The summed E-state index contributed by atoms with van der Waals surface area (Å²) < 4.78 is 5.36. The van der Waals surface area contributed by atoms with Crippen LogP contribution in [0.4, 0.5) is 5.69 Å². The van der Waals surface area contributed by atoms with Gasteiger partial charge in [0.1, 0.15) is 11.4 Å². The number of hydrogen-bond acceptors (Lipinski definition) is 6. The maximum Gasteiger partial charge on any atom is 0.256 e. The van der Waals surface area contributed by atoms with Crippen molar-refractivity contribution in [2.24, 2.45) is 0 Å². The highest BCUT2D eigenvalue weighted by Gasteiger charge is 2.32. The third kappa shape index (κ3) is 2.82. The molecule has 0 bridgehead atoms. The van der Waals surface area contributed by atoms with Crippen LogP contribution in [0.2, 0.25) is 0 Å². The number of nitrogens with one attached hydrogen (secondary N) is 1. The Kier molecular flexibility index (Phi) is 3.54. The van der Waals surface area contributed by atoms with Gasteiger partial charge in [-0.3, -0.25) is 4.79 Å². The van der Waals surface area contributed by atoms with Gasteiger partial charge in [0.15, 0.2) is 5.76 Å². The summed E-state index contributed by atoms with van der Waals surface area (Å²) in [5, 5.41) is 11.8. The highest BCUT2D eigenvalue weighted by atomic mass is 32.1. The first-order valence-corrected chi connectivity index (χ1v) is 9.16. The van der Waals surface area contributed by atoms with E-state index in [1.165, 1.54) is 11.3 Å². The number of amides is 1. The molecule has 3 aromatic heterocycles. The molecule has 0 spiro atoms. The van der Waals surface area contributed by atoms with Crippen molar-refractivity contribution in [2.45, 2.75) is 32.6 Å². The van der Waals surface area contributed by atoms with Gasteiger partial charge in [-0.2, -0.15) is 0 Å². The van der Waals surface area contributed by atoms with E-state index in [9.17, 15) is 4.79 Å². The fourth-order valence-electron chi connectivity index (χ4n) is 2.42. The molecule has 5 nitrogen and oxygen atoms in total. The molecule has 0 aliphatic heterocycles. The Morgan fingerprint density at radius 3 is 2.83 bits per heavy atom. The molecule has 1 amide bonds. The molecule has 1 N–H and O–H groups in total. The first kappa shape index (κ1) is 14.6. The van der Waals surface area contributed by atoms with E-state index in [1.54, 1.807) is 11.3 Å². The minimum Gasteiger partial charge on any atom is -0.359 e. The number of thiazole rings is 1. The lowest BCUT2D eigenvalue weighted by molar-refractivity contribution is 0.102. The molecule has 3 heterocycles. The first-order valence-electron chi connectivity index (χ1n) is 7.40. The Morgan fingerprint density at radius 1 is 1.30 bits per heavy atom. The quantitative estimate of drug-likeness (QED) is 0.750. The summed E-state index contributed by atoms with van der Waals surface area (Å²) >= 11 is 3.14. The van der Waals surface area contributed by atoms with Gasteiger partial charge in [0.25, 0.3) is 5.91 Å². The van der Waals surface area contributed by atoms with Crippen molar-refractivity contribution >= 4 is 34.3 Å². The third-order valence-electron chi connectivity index (χ3n) is 3.81. The summed E-state index contributed by atoms with van der Waals surface area (Å²) in [5.41, 5.74) is 3.02. The maximum absolute atomic E-state index is 12.5. The largest absolute Gasteiger partial charge is 0.359 e. The number of carbonyl (C=O) groups excluding carboxylic acids is 1. The molecule has 118 valence electrons. The van der Waals surface area contributed by atoms with E-state index in [4.69, 9.17) is 4.52 Å². The Hall–Kier alpha value is -1.99. The zero-order valence-corrected chi connectivity index (χ0v) is 14.4.